The molecule has 3 nitrogen and oxygen atoms in total. The average molecular weight is 327 g/mol. The third-order valence-corrected chi connectivity index (χ3v) is 4.63. The number of anilines is 1. The van der Waals surface area contributed by atoms with Crippen LogP contribution >= 0.6 is 27.5 Å². The van der Waals surface area contributed by atoms with E-state index in [2.05, 4.69) is 20.7 Å². The van der Waals surface area contributed by atoms with Gasteiger partial charge in [0.25, 0.3) is 0 Å². The summed E-state index contributed by atoms with van der Waals surface area (Å²) in [6.07, 6.45) is 0. The summed E-state index contributed by atoms with van der Waals surface area (Å²) in [5, 5.41) is 0.477. The van der Waals surface area contributed by atoms with Gasteiger partial charge in [0.1, 0.15) is 0 Å². The third-order valence-electron chi connectivity index (χ3n) is 1.75. The van der Waals surface area contributed by atoms with Gasteiger partial charge in [0, 0.05) is 4.47 Å². The van der Waals surface area contributed by atoms with Gasteiger partial charge in [-0.3, -0.25) is 4.72 Å². The molecular weight excluding hydrogens is 314 g/mol. The van der Waals surface area contributed by atoms with Crippen molar-refractivity contribution in [2.24, 2.45) is 5.92 Å². The molecule has 0 aliphatic heterocycles. The molecule has 0 atom stereocenters. The highest BCUT2D eigenvalue weighted by atomic mass is 79.9. The van der Waals surface area contributed by atoms with Crippen molar-refractivity contribution in [3.05, 3.63) is 27.7 Å². The molecule has 0 spiro atoms. The van der Waals surface area contributed by atoms with Crippen LogP contribution in [0.1, 0.15) is 13.8 Å². The van der Waals surface area contributed by atoms with E-state index in [1.165, 1.54) is 0 Å². The first kappa shape index (κ1) is 13.8. The predicted octanol–water partition coefficient (Wildman–Crippen LogP) is 3.50. The average Bonchev–Trinajstić information content (AvgIpc) is 2.08. The van der Waals surface area contributed by atoms with Gasteiger partial charge < -0.3 is 0 Å². The highest BCUT2D eigenvalue weighted by Crippen LogP contribution is 2.26. The van der Waals surface area contributed by atoms with Crippen molar-refractivity contribution in [2.75, 3.05) is 10.5 Å². The second-order valence-corrected chi connectivity index (χ2v) is 6.93. The van der Waals surface area contributed by atoms with Crippen LogP contribution in [0.2, 0.25) is 5.02 Å². The van der Waals surface area contributed by atoms with E-state index in [1.54, 1.807) is 18.2 Å². The van der Waals surface area contributed by atoms with E-state index in [9.17, 15) is 8.42 Å². The van der Waals surface area contributed by atoms with E-state index >= 15 is 0 Å². The maximum Gasteiger partial charge on any atom is 0.232 e. The van der Waals surface area contributed by atoms with E-state index in [0.29, 0.717) is 10.7 Å². The summed E-state index contributed by atoms with van der Waals surface area (Å²) in [5.74, 6) is 0.184. The van der Waals surface area contributed by atoms with Crippen molar-refractivity contribution in [1.29, 1.82) is 0 Å². The largest absolute Gasteiger partial charge is 0.283 e. The van der Waals surface area contributed by atoms with Gasteiger partial charge in [-0.2, -0.15) is 0 Å². The monoisotopic (exact) mass is 325 g/mol. The molecule has 0 saturated carbocycles. The molecule has 0 fully saturated rings. The summed E-state index contributed by atoms with van der Waals surface area (Å²) in [4.78, 5) is 0. The van der Waals surface area contributed by atoms with Gasteiger partial charge in [0.15, 0.2) is 0 Å². The van der Waals surface area contributed by atoms with Crippen molar-refractivity contribution >= 4 is 43.2 Å². The molecule has 1 rings (SSSR count). The van der Waals surface area contributed by atoms with Crippen LogP contribution in [0, 0.1) is 5.92 Å². The Morgan fingerprint density at radius 3 is 2.56 bits per heavy atom. The first-order valence-corrected chi connectivity index (χ1v) is 7.58. The van der Waals surface area contributed by atoms with Crippen LogP contribution in [0.5, 0.6) is 0 Å². The minimum Gasteiger partial charge on any atom is -0.283 e. The minimum absolute atomic E-state index is 0.0865. The summed E-state index contributed by atoms with van der Waals surface area (Å²) >= 11 is 9.11. The Labute approximate surface area is 109 Å². The Kier molecular flexibility index (Phi) is 4.64. The summed E-state index contributed by atoms with van der Waals surface area (Å²) in [6, 6.07) is 4.94. The number of hydrogen-bond donors (Lipinski definition) is 1. The van der Waals surface area contributed by atoms with Gasteiger partial charge in [-0.1, -0.05) is 25.4 Å². The summed E-state index contributed by atoms with van der Waals surface area (Å²) in [7, 11) is -3.29. The Morgan fingerprint density at radius 2 is 2.06 bits per heavy atom. The van der Waals surface area contributed by atoms with Crippen molar-refractivity contribution in [3.63, 3.8) is 0 Å². The molecule has 0 aliphatic carbocycles. The molecule has 6 heteroatoms. The standard InChI is InChI=1S/C10H13BrClNO2S/c1-7(2)6-16(14,15)13-8-3-4-9(11)10(12)5-8/h3-5,7,13H,6H2,1-2H3. The topological polar surface area (TPSA) is 46.2 Å². The predicted molar refractivity (Wildman–Crippen MR) is 71.4 cm³/mol. The highest BCUT2D eigenvalue weighted by molar-refractivity contribution is 9.10. The molecule has 0 bridgehead atoms. The molecule has 0 aromatic heterocycles. The van der Waals surface area contributed by atoms with Gasteiger partial charge in [0.2, 0.25) is 10.0 Å². The fourth-order valence-electron chi connectivity index (χ4n) is 1.22. The molecule has 16 heavy (non-hydrogen) atoms. The van der Waals surface area contributed by atoms with Gasteiger partial charge in [-0.25, -0.2) is 8.42 Å². The second-order valence-electron chi connectivity index (χ2n) is 3.91. The van der Waals surface area contributed by atoms with E-state index in [-0.39, 0.29) is 11.7 Å². The Hall–Kier alpha value is -0.260. The fraction of sp³-hybridized carbons (Fsp3) is 0.400. The van der Waals surface area contributed by atoms with Crippen LogP contribution in [0.25, 0.3) is 0 Å². The van der Waals surface area contributed by atoms with E-state index < -0.39 is 10.0 Å². The molecule has 1 N–H and O–H groups in total. The molecule has 1 aromatic carbocycles. The summed E-state index contributed by atoms with van der Waals surface area (Å²) < 4.78 is 26.5. The van der Waals surface area contributed by atoms with Crippen LogP contribution in [0.15, 0.2) is 22.7 Å². The SMILES string of the molecule is CC(C)CS(=O)(=O)Nc1ccc(Br)c(Cl)c1. The second kappa shape index (κ2) is 5.38. The molecule has 1 aromatic rings. The quantitative estimate of drug-likeness (QED) is 0.920. The lowest BCUT2D eigenvalue weighted by atomic mass is 10.3. The Bertz CT molecular complexity index is 474. The first-order chi connectivity index (χ1) is 7.30. The van der Waals surface area contributed by atoms with E-state index in [0.717, 1.165) is 4.47 Å². The number of benzene rings is 1. The number of rotatable bonds is 4. The molecule has 0 radical (unpaired) electrons. The fourth-order valence-corrected chi connectivity index (χ4v) is 3.09. The van der Waals surface area contributed by atoms with Crippen LogP contribution in [-0.2, 0) is 10.0 Å². The summed E-state index contributed by atoms with van der Waals surface area (Å²) in [6.45, 7) is 3.71. The normalized spacial score (nSPS) is 11.8. The smallest absolute Gasteiger partial charge is 0.232 e. The zero-order valence-corrected chi connectivity index (χ0v) is 12.2. The van der Waals surface area contributed by atoms with Crippen LogP contribution in [-0.4, -0.2) is 14.2 Å². The van der Waals surface area contributed by atoms with Crippen molar-refractivity contribution in [2.45, 2.75) is 13.8 Å². The molecule has 90 valence electrons. The number of sulfonamides is 1. The summed E-state index contributed by atoms with van der Waals surface area (Å²) in [5.41, 5.74) is 0.480. The Morgan fingerprint density at radius 1 is 1.44 bits per heavy atom. The Balaban J connectivity index is 2.84. The zero-order chi connectivity index (χ0) is 12.3. The molecule has 0 heterocycles. The maximum absolute atomic E-state index is 11.6. The number of hydrogen-bond acceptors (Lipinski definition) is 2. The van der Waals surface area contributed by atoms with Gasteiger partial charge in [-0.05, 0) is 40.0 Å². The number of nitrogens with one attached hydrogen (secondary N) is 1. The molecule has 0 saturated heterocycles. The van der Waals surface area contributed by atoms with Crippen molar-refractivity contribution in [3.8, 4) is 0 Å². The molecule has 0 aliphatic rings. The van der Waals surface area contributed by atoms with E-state index in [1.807, 2.05) is 13.8 Å². The lowest BCUT2D eigenvalue weighted by Crippen LogP contribution is -2.19. The maximum atomic E-state index is 11.6. The highest BCUT2D eigenvalue weighted by Gasteiger charge is 2.13. The first-order valence-electron chi connectivity index (χ1n) is 4.76. The van der Waals surface area contributed by atoms with Crippen molar-refractivity contribution < 1.29 is 8.42 Å². The molecule has 0 unspecified atom stereocenters. The molecular formula is C10H13BrClNO2S. The van der Waals surface area contributed by atoms with E-state index in [4.69, 9.17) is 11.6 Å². The van der Waals surface area contributed by atoms with Crippen LogP contribution in [0.4, 0.5) is 5.69 Å². The minimum atomic E-state index is -3.29. The van der Waals surface area contributed by atoms with Crippen LogP contribution in [0.3, 0.4) is 0 Å². The van der Waals surface area contributed by atoms with Gasteiger partial charge in [0.05, 0.1) is 16.5 Å². The zero-order valence-electron chi connectivity index (χ0n) is 9.00. The molecule has 0 amide bonds. The van der Waals surface area contributed by atoms with Gasteiger partial charge >= 0.3 is 0 Å². The third kappa shape index (κ3) is 4.31. The van der Waals surface area contributed by atoms with Gasteiger partial charge in [-0.15, -0.1) is 0 Å². The number of halogens is 2. The lowest BCUT2D eigenvalue weighted by Gasteiger charge is -2.10. The van der Waals surface area contributed by atoms with Crippen LogP contribution < -0.4 is 4.72 Å². The lowest BCUT2D eigenvalue weighted by molar-refractivity contribution is 0.587. The van der Waals surface area contributed by atoms with Crippen molar-refractivity contribution in [1.82, 2.24) is 0 Å².